The van der Waals surface area contributed by atoms with Gasteiger partial charge in [0.05, 0.1) is 16.1 Å². The maximum atomic E-state index is 14.0. The van der Waals surface area contributed by atoms with Crippen molar-refractivity contribution in [2.24, 2.45) is 12.0 Å². The van der Waals surface area contributed by atoms with Crippen molar-refractivity contribution in [3.8, 4) is 0 Å². The van der Waals surface area contributed by atoms with Gasteiger partial charge in [0.1, 0.15) is 5.82 Å². The lowest BCUT2D eigenvalue weighted by Crippen LogP contribution is -2.38. The molecule has 29 heavy (non-hydrogen) atoms. The summed E-state index contributed by atoms with van der Waals surface area (Å²) < 4.78 is 15.6. The number of aryl methyl sites for hydroxylation is 1. The van der Waals surface area contributed by atoms with Crippen LogP contribution in [0.1, 0.15) is 31.1 Å². The summed E-state index contributed by atoms with van der Waals surface area (Å²) in [5, 5.41) is 11.1. The summed E-state index contributed by atoms with van der Waals surface area (Å²) in [7, 11) is 1.72. The van der Waals surface area contributed by atoms with Crippen LogP contribution in [-0.4, -0.2) is 27.2 Å². The molecule has 0 spiro atoms. The van der Waals surface area contributed by atoms with E-state index in [4.69, 9.17) is 23.2 Å². The van der Waals surface area contributed by atoms with Gasteiger partial charge in [-0.25, -0.2) is 9.38 Å². The number of hydrogen-bond acceptors (Lipinski definition) is 3. The molecule has 0 bridgehead atoms. The number of carbonyl (C=O) groups excluding carboxylic acids is 1. The molecule has 2 N–H and O–H groups in total. The van der Waals surface area contributed by atoms with E-state index in [0.717, 1.165) is 0 Å². The Bertz CT molecular complexity index is 1120. The Balaban J connectivity index is 1.97. The number of aliphatic imine (C=N–C) groups is 1. The Labute approximate surface area is 177 Å². The minimum absolute atomic E-state index is 0.00453. The van der Waals surface area contributed by atoms with Crippen molar-refractivity contribution in [1.82, 2.24) is 15.1 Å². The van der Waals surface area contributed by atoms with Gasteiger partial charge in [0.15, 0.2) is 5.82 Å². The molecule has 3 aromatic rings. The van der Waals surface area contributed by atoms with Crippen LogP contribution in [0.2, 0.25) is 10.0 Å². The number of nitrogens with one attached hydrogen (secondary N) is 2. The van der Waals surface area contributed by atoms with Gasteiger partial charge >= 0.3 is 0 Å². The monoisotopic (exact) mass is 435 g/mol. The number of guanidine groups is 1. The van der Waals surface area contributed by atoms with Crippen LogP contribution in [0.15, 0.2) is 41.4 Å². The van der Waals surface area contributed by atoms with E-state index in [-0.39, 0.29) is 11.0 Å². The molecule has 1 heterocycles. The molecule has 0 unspecified atom stereocenters. The zero-order valence-electron chi connectivity index (χ0n) is 16.3. The summed E-state index contributed by atoms with van der Waals surface area (Å²) in [6.07, 6.45) is 0. The normalized spacial score (nSPS) is 12.3. The smallest absolute Gasteiger partial charge is 0.258 e. The molecule has 9 heteroatoms. The largest absolute Gasteiger partial charge is 0.309 e. The van der Waals surface area contributed by atoms with Crippen LogP contribution in [0.25, 0.3) is 10.9 Å². The molecule has 0 radical (unpaired) electrons. The molecule has 1 aromatic heterocycles. The number of aromatic nitrogens is 2. The second-order valence-electron chi connectivity index (χ2n) is 7.48. The number of hydrogen-bond donors (Lipinski definition) is 2. The third-order valence-corrected chi connectivity index (χ3v) is 4.42. The highest BCUT2D eigenvalue weighted by Crippen LogP contribution is 2.28. The summed E-state index contributed by atoms with van der Waals surface area (Å²) in [6.45, 7) is 5.66. The van der Waals surface area contributed by atoms with Crippen molar-refractivity contribution in [3.63, 3.8) is 0 Å². The van der Waals surface area contributed by atoms with Gasteiger partial charge in [-0.15, -0.1) is 0 Å². The summed E-state index contributed by atoms with van der Waals surface area (Å²) in [5.74, 6) is -0.435. The summed E-state index contributed by atoms with van der Waals surface area (Å²) in [4.78, 5) is 17.2. The van der Waals surface area contributed by atoms with Gasteiger partial charge in [0, 0.05) is 23.0 Å². The number of rotatable bonds is 2. The number of nitrogens with zero attached hydrogens (tertiary/aromatic N) is 3. The SMILES string of the molecule is Cn1nc(NC(=NC(C)(C)C)NC(=O)c2cccc(Cl)c2)c2cc(F)c(Cl)cc21. The Hall–Kier alpha value is -2.64. The molecule has 152 valence electrons. The zero-order chi connectivity index (χ0) is 21.3. The van der Waals surface area contributed by atoms with Crippen molar-refractivity contribution in [3.05, 3.63) is 57.8 Å². The van der Waals surface area contributed by atoms with Crippen molar-refractivity contribution in [1.29, 1.82) is 0 Å². The average Bonchev–Trinajstić information content (AvgIpc) is 2.89. The fraction of sp³-hybridized carbons (Fsp3) is 0.250. The molecule has 0 aliphatic heterocycles. The van der Waals surface area contributed by atoms with Gasteiger partial charge in [-0.05, 0) is 51.1 Å². The summed E-state index contributed by atoms with van der Waals surface area (Å²) >= 11 is 11.9. The molecular weight excluding hydrogens is 416 g/mol. The van der Waals surface area contributed by atoms with Crippen LogP contribution in [0.5, 0.6) is 0 Å². The molecule has 0 aliphatic rings. The lowest BCUT2D eigenvalue weighted by molar-refractivity contribution is 0.0977. The Morgan fingerprint density at radius 3 is 2.59 bits per heavy atom. The van der Waals surface area contributed by atoms with Gasteiger partial charge < -0.3 is 5.32 Å². The average molecular weight is 436 g/mol. The van der Waals surface area contributed by atoms with E-state index >= 15 is 0 Å². The molecular formula is C20H20Cl2FN5O. The lowest BCUT2D eigenvalue weighted by Gasteiger charge is -2.17. The molecule has 0 saturated carbocycles. The van der Waals surface area contributed by atoms with Crippen LogP contribution < -0.4 is 10.6 Å². The van der Waals surface area contributed by atoms with Crippen molar-refractivity contribution >= 4 is 51.8 Å². The molecule has 0 saturated heterocycles. The fourth-order valence-corrected chi connectivity index (χ4v) is 3.04. The molecule has 2 aromatic carbocycles. The van der Waals surface area contributed by atoms with Crippen molar-refractivity contribution in [2.45, 2.75) is 26.3 Å². The number of anilines is 1. The molecule has 1 amide bonds. The van der Waals surface area contributed by atoms with E-state index in [0.29, 0.717) is 27.3 Å². The van der Waals surface area contributed by atoms with E-state index in [1.807, 2.05) is 20.8 Å². The Morgan fingerprint density at radius 1 is 1.21 bits per heavy atom. The number of benzene rings is 2. The quantitative estimate of drug-likeness (QED) is 0.438. The lowest BCUT2D eigenvalue weighted by atomic mass is 10.1. The molecule has 0 fully saturated rings. The van der Waals surface area contributed by atoms with Crippen LogP contribution >= 0.6 is 23.2 Å². The molecule has 6 nitrogen and oxygen atoms in total. The molecule has 0 atom stereocenters. The predicted octanol–water partition coefficient (Wildman–Crippen LogP) is 5.02. The van der Waals surface area contributed by atoms with Crippen LogP contribution in [0.3, 0.4) is 0 Å². The first-order valence-electron chi connectivity index (χ1n) is 8.79. The topological polar surface area (TPSA) is 71.3 Å². The van der Waals surface area contributed by atoms with Gasteiger partial charge in [-0.3, -0.25) is 14.8 Å². The minimum Gasteiger partial charge on any atom is -0.309 e. The summed E-state index contributed by atoms with van der Waals surface area (Å²) in [6, 6.07) is 9.35. The van der Waals surface area contributed by atoms with Crippen LogP contribution in [0, 0.1) is 5.82 Å². The number of carbonyl (C=O) groups is 1. The highest BCUT2D eigenvalue weighted by molar-refractivity contribution is 6.31. The maximum Gasteiger partial charge on any atom is 0.258 e. The van der Waals surface area contributed by atoms with E-state index in [1.165, 1.54) is 12.1 Å². The second-order valence-corrected chi connectivity index (χ2v) is 8.32. The molecule has 0 aliphatic carbocycles. The van der Waals surface area contributed by atoms with Crippen molar-refractivity contribution < 1.29 is 9.18 Å². The Morgan fingerprint density at radius 2 is 1.93 bits per heavy atom. The van der Waals surface area contributed by atoms with Gasteiger partial charge in [-0.2, -0.15) is 5.10 Å². The van der Waals surface area contributed by atoms with Gasteiger partial charge in [-0.1, -0.05) is 29.3 Å². The van der Waals surface area contributed by atoms with Gasteiger partial charge in [0.25, 0.3) is 5.91 Å². The minimum atomic E-state index is -0.563. The van der Waals surface area contributed by atoms with Gasteiger partial charge in [0.2, 0.25) is 5.96 Å². The standard InChI is InChI=1S/C20H20Cl2FN5O/c1-20(2,3)26-19(25-18(29)11-6-5-7-12(21)8-11)24-17-13-9-15(23)14(22)10-16(13)28(4)27-17/h5-10H,1-4H3,(H2,24,25,26,27,29). The highest BCUT2D eigenvalue weighted by atomic mass is 35.5. The zero-order valence-corrected chi connectivity index (χ0v) is 17.9. The number of fused-ring (bicyclic) bond motifs is 1. The van der Waals surface area contributed by atoms with Crippen LogP contribution in [0.4, 0.5) is 10.2 Å². The summed E-state index contributed by atoms with van der Waals surface area (Å²) in [5.41, 5.74) is 0.517. The third-order valence-electron chi connectivity index (χ3n) is 3.90. The molecule has 3 rings (SSSR count). The van der Waals surface area contributed by atoms with E-state index in [1.54, 1.807) is 36.0 Å². The maximum absolute atomic E-state index is 14.0. The fourth-order valence-electron chi connectivity index (χ4n) is 2.69. The number of amides is 1. The first-order valence-corrected chi connectivity index (χ1v) is 9.54. The Kier molecular flexibility index (Phi) is 5.82. The predicted molar refractivity (Wildman–Crippen MR) is 115 cm³/mol. The van der Waals surface area contributed by atoms with E-state index < -0.39 is 17.3 Å². The van der Waals surface area contributed by atoms with E-state index in [2.05, 4.69) is 20.7 Å². The van der Waals surface area contributed by atoms with Crippen molar-refractivity contribution in [2.75, 3.05) is 5.32 Å². The number of halogens is 3. The second kappa shape index (κ2) is 8.00. The van der Waals surface area contributed by atoms with E-state index in [9.17, 15) is 9.18 Å². The third kappa shape index (κ3) is 5.05. The van der Waals surface area contributed by atoms with Crippen LogP contribution in [-0.2, 0) is 7.05 Å². The first-order chi connectivity index (χ1) is 13.5. The first kappa shape index (κ1) is 21.1. The highest BCUT2D eigenvalue weighted by Gasteiger charge is 2.18.